The highest BCUT2D eigenvalue weighted by atomic mass is 32.2. The van der Waals surface area contributed by atoms with Gasteiger partial charge in [0, 0.05) is 17.7 Å². The summed E-state index contributed by atoms with van der Waals surface area (Å²) >= 11 is 1.28. The molecule has 4 N–H and O–H groups in total. The van der Waals surface area contributed by atoms with Crippen molar-refractivity contribution in [3.8, 4) is 0 Å². The van der Waals surface area contributed by atoms with Gasteiger partial charge in [-0.2, -0.15) is 8.42 Å². The Bertz CT molecular complexity index is 820. The molecule has 0 amide bonds. The number of hydrogen-bond donors (Lipinski definition) is 3. The van der Waals surface area contributed by atoms with Gasteiger partial charge in [-0.15, -0.1) is 0 Å². The van der Waals surface area contributed by atoms with Crippen LogP contribution >= 0.6 is 11.8 Å². The van der Waals surface area contributed by atoms with Gasteiger partial charge in [0.2, 0.25) is 0 Å². The number of aryl methyl sites for hydroxylation is 1. The van der Waals surface area contributed by atoms with Crippen LogP contribution in [0.15, 0.2) is 59.5 Å². The van der Waals surface area contributed by atoms with E-state index < -0.39 is 10.1 Å². The minimum atomic E-state index is -4.02. The van der Waals surface area contributed by atoms with Gasteiger partial charge in [0.15, 0.2) is 11.0 Å². The number of amidine groups is 1. The molecule has 0 aliphatic rings. The third-order valence-corrected chi connectivity index (χ3v) is 4.89. The van der Waals surface area contributed by atoms with Crippen LogP contribution in [0.3, 0.4) is 0 Å². The van der Waals surface area contributed by atoms with E-state index in [4.69, 9.17) is 15.7 Å². The Kier molecular flexibility index (Phi) is 9.04. The molecule has 26 heavy (non-hydrogen) atoms. The van der Waals surface area contributed by atoms with Crippen LogP contribution < -0.4 is 5.73 Å². The van der Waals surface area contributed by atoms with Crippen molar-refractivity contribution < 1.29 is 17.8 Å². The summed E-state index contributed by atoms with van der Waals surface area (Å²) in [5, 5.41) is 7.11. The molecular formula is C18H22N2O4S2. The Hall–Kier alpha value is -2.16. The molecule has 0 saturated carbocycles. The number of thioether (sulfide) groups is 1. The van der Waals surface area contributed by atoms with Crippen molar-refractivity contribution in [1.82, 2.24) is 0 Å². The average Bonchev–Trinajstić information content (AvgIpc) is 2.59. The highest BCUT2D eigenvalue weighted by molar-refractivity contribution is 8.13. The maximum atomic E-state index is 11.6. The first-order valence-corrected chi connectivity index (χ1v) is 10.2. The van der Waals surface area contributed by atoms with Gasteiger partial charge in [-0.25, -0.2) is 0 Å². The summed E-state index contributed by atoms with van der Waals surface area (Å²) in [7, 11) is -4.02. The normalized spacial score (nSPS) is 10.5. The standard InChI is InChI=1S/C11H14N2OS.C7H8O3S/c12-11(13)15-8-4-7-10(14)9-5-2-1-3-6-9;1-6-2-4-7(5-3-6)11(8,9)10/h1-3,5-6H,4,7-8H2,(H3,12,13);2-5H,1H3,(H,8,9,10). The second-order valence-electron chi connectivity index (χ2n) is 5.39. The number of hydrogen-bond acceptors (Lipinski definition) is 5. The van der Waals surface area contributed by atoms with Crippen LogP contribution in [0.25, 0.3) is 0 Å². The zero-order chi connectivity index (χ0) is 19.6. The van der Waals surface area contributed by atoms with Crippen LogP contribution in [0.1, 0.15) is 28.8 Å². The van der Waals surface area contributed by atoms with Crippen molar-refractivity contribution in [3.63, 3.8) is 0 Å². The Balaban J connectivity index is 0.000000273. The summed E-state index contributed by atoms with van der Waals surface area (Å²) in [5.74, 6) is 0.883. The first-order valence-electron chi connectivity index (χ1n) is 7.79. The molecule has 6 nitrogen and oxygen atoms in total. The van der Waals surface area contributed by atoms with E-state index in [1.54, 1.807) is 12.1 Å². The second-order valence-corrected chi connectivity index (χ2v) is 7.95. The van der Waals surface area contributed by atoms with E-state index in [-0.39, 0.29) is 15.8 Å². The fourth-order valence-corrected chi connectivity index (χ4v) is 2.88. The van der Waals surface area contributed by atoms with Gasteiger partial charge >= 0.3 is 0 Å². The molecule has 0 aromatic heterocycles. The van der Waals surface area contributed by atoms with Crippen molar-refractivity contribution in [2.45, 2.75) is 24.7 Å². The van der Waals surface area contributed by atoms with Gasteiger partial charge in [0.25, 0.3) is 10.1 Å². The minimum absolute atomic E-state index is 0.0666. The average molecular weight is 395 g/mol. The van der Waals surface area contributed by atoms with E-state index in [1.165, 1.54) is 23.9 Å². The molecule has 0 fully saturated rings. The number of carbonyl (C=O) groups is 1. The largest absolute Gasteiger partial charge is 0.379 e. The lowest BCUT2D eigenvalue weighted by Crippen LogP contribution is -2.05. The van der Waals surface area contributed by atoms with E-state index in [9.17, 15) is 13.2 Å². The van der Waals surface area contributed by atoms with E-state index in [0.717, 1.165) is 23.3 Å². The number of nitrogens with one attached hydrogen (secondary N) is 1. The quantitative estimate of drug-likeness (QED) is 0.227. The zero-order valence-electron chi connectivity index (χ0n) is 14.4. The zero-order valence-corrected chi connectivity index (χ0v) is 16.0. The van der Waals surface area contributed by atoms with E-state index in [2.05, 4.69) is 0 Å². The third kappa shape index (κ3) is 8.80. The van der Waals surface area contributed by atoms with Crippen LogP contribution in [-0.4, -0.2) is 29.7 Å². The van der Waals surface area contributed by atoms with Crippen LogP contribution in [0.4, 0.5) is 0 Å². The number of nitrogens with two attached hydrogens (primary N) is 1. The third-order valence-electron chi connectivity index (χ3n) is 3.22. The topological polar surface area (TPSA) is 121 Å². The predicted molar refractivity (Wildman–Crippen MR) is 105 cm³/mol. The maximum Gasteiger partial charge on any atom is 0.294 e. The highest BCUT2D eigenvalue weighted by Crippen LogP contribution is 2.09. The van der Waals surface area contributed by atoms with Crippen molar-refractivity contribution in [2.75, 3.05) is 5.75 Å². The summed E-state index contributed by atoms with van der Waals surface area (Å²) in [6, 6.07) is 15.2. The van der Waals surface area contributed by atoms with E-state index in [0.29, 0.717) is 6.42 Å². The Labute approximate surface area is 158 Å². The summed E-state index contributed by atoms with van der Waals surface area (Å²) in [5.41, 5.74) is 6.89. The molecule has 0 aliphatic carbocycles. The molecule has 140 valence electrons. The number of rotatable bonds is 6. The molecular weight excluding hydrogens is 372 g/mol. The first-order chi connectivity index (χ1) is 12.2. The molecule has 2 rings (SSSR count). The van der Waals surface area contributed by atoms with Crippen LogP contribution in [0.5, 0.6) is 0 Å². The monoisotopic (exact) mass is 394 g/mol. The van der Waals surface area contributed by atoms with E-state index >= 15 is 0 Å². The van der Waals surface area contributed by atoms with Crippen LogP contribution in [0.2, 0.25) is 0 Å². The van der Waals surface area contributed by atoms with Crippen LogP contribution in [0, 0.1) is 12.3 Å². The number of benzene rings is 2. The molecule has 2 aromatic rings. The van der Waals surface area contributed by atoms with E-state index in [1.807, 2.05) is 37.3 Å². The summed E-state index contributed by atoms with van der Waals surface area (Å²) in [4.78, 5) is 11.5. The smallest absolute Gasteiger partial charge is 0.294 e. The molecule has 0 atom stereocenters. The van der Waals surface area contributed by atoms with Crippen molar-refractivity contribution in [1.29, 1.82) is 5.41 Å². The predicted octanol–water partition coefficient (Wildman–Crippen LogP) is 3.52. The van der Waals surface area contributed by atoms with Gasteiger partial charge in [0.1, 0.15) is 0 Å². The summed E-state index contributed by atoms with van der Waals surface area (Å²) in [6.45, 7) is 1.84. The molecule has 0 bridgehead atoms. The Morgan fingerprint density at radius 3 is 2.19 bits per heavy atom. The lowest BCUT2D eigenvalue weighted by atomic mass is 10.1. The molecule has 0 spiro atoms. The van der Waals surface area contributed by atoms with Gasteiger partial charge < -0.3 is 5.73 Å². The van der Waals surface area contributed by atoms with Gasteiger partial charge in [-0.05, 0) is 25.5 Å². The minimum Gasteiger partial charge on any atom is -0.379 e. The molecule has 8 heteroatoms. The highest BCUT2D eigenvalue weighted by Gasteiger charge is 2.07. The number of Topliss-reactive ketones (excluding diaryl/α,β-unsaturated/α-hetero) is 1. The van der Waals surface area contributed by atoms with Crippen molar-refractivity contribution in [2.24, 2.45) is 5.73 Å². The van der Waals surface area contributed by atoms with Crippen molar-refractivity contribution >= 4 is 32.8 Å². The van der Waals surface area contributed by atoms with Gasteiger partial charge in [0.05, 0.1) is 4.90 Å². The lowest BCUT2D eigenvalue weighted by Gasteiger charge is -2.00. The second kappa shape index (κ2) is 10.7. The SMILES string of the molecule is Cc1ccc(S(=O)(=O)O)cc1.N=C(N)SCCCC(=O)c1ccccc1. The molecule has 0 heterocycles. The molecule has 2 aromatic carbocycles. The Morgan fingerprint density at radius 2 is 1.69 bits per heavy atom. The molecule has 0 unspecified atom stereocenters. The summed E-state index contributed by atoms with van der Waals surface area (Å²) in [6.07, 6.45) is 1.28. The lowest BCUT2D eigenvalue weighted by molar-refractivity contribution is 0.0982. The summed E-state index contributed by atoms with van der Waals surface area (Å²) < 4.78 is 29.6. The van der Waals surface area contributed by atoms with Crippen molar-refractivity contribution in [3.05, 3.63) is 65.7 Å². The van der Waals surface area contributed by atoms with Gasteiger partial charge in [-0.3, -0.25) is 14.8 Å². The number of ketones is 1. The van der Waals surface area contributed by atoms with Gasteiger partial charge in [-0.1, -0.05) is 59.8 Å². The number of carbonyl (C=O) groups excluding carboxylic acids is 1. The Morgan fingerprint density at radius 1 is 1.12 bits per heavy atom. The van der Waals surface area contributed by atoms with Crippen LogP contribution in [-0.2, 0) is 10.1 Å². The first kappa shape index (κ1) is 21.9. The fraction of sp³-hybridized carbons (Fsp3) is 0.222. The molecule has 0 aliphatic heterocycles. The maximum absolute atomic E-state index is 11.6. The fourth-order valence-electron chi connectivity index (χ4n) is 1.89. The molecule has 0 saturated heterocycles. The molecule has 0 radical (unpaired) electrons.